The molecule has 1 amide bonds. The third kappa shape index (κ3) is 5.07. The van der Waals surface area contributed by atoms with Crippen molar-refractivity contribution in [2.45, 2.75) is 45.3 Å². The monoisotopic (exact) mass is 435 g/mol. The maximum Gasteiger partial charge on any atom is 0.410 e. The van der Waals surface area contributed by atoms with Gasteiger partial charge in [0.2, 0.25) is 0 Å². The topological polar surface area (TPSA) is 100 Å². The van der Waals surface area contributed by atoms with E-state index >= 15 is 0 Å². The Balaban J connectivity index is 1.36. The van der Waals surface area contributed by atoms with Crippen LogP contribution in [0.5, 0.6) is 0 Å². The summed E-state index contributed by atoms with van der Waals surface area (Å²) in [4.78, 5) is 25.4. The highest BCUT2D eigenvalue weighted by Gasteiger charge is 2.30. The van der Waals surface area contributed by atoms with Gasteiger partial charge in [-0.2, -0.15) is 10.4 Å². The molecular formula is C23H29N7O2. The number of piperazine rings is 1. The Bertz CT molecular complexity index is 1020. The number of carbonyl (C=O) groups is 1. The molecule has 0 unspecified atom stereocenters. The number of carbonyl (C=O) groups excluding carboxylic acids is 1. The Hall–Kier alpha value is -3.41. The molecule has 168 valence electrons. The summed E-state index contributed by atoms with van der Waals surface area (Å²) < 4.78 is 7.45. The molecule has 0 radical (unpaired) electrons. The number of rotatable bonds is 4. The van der Waals surface area contributed by atoms with E-state index in [1.54, 1.807) is 23.4 Å². The summed E-state index contributed by atoms with van der Waals surface area (Å²) in [5, 5.41) is 13.2. The summed E-state index contributed by atoms with van der Waals surface area (Å²) in [7, 11) is 0. The van der Waals surface area contributed by atoms with Crippen LogP contribution in [0.2, 0.25) is 0 Å². The number of allylic oxidation sites excluding steroid dienone is 2. The zero-order valence-corrected chi connectivity index (χ0v) is 18.8. The Kier molecular flexibility index (Phi) is 6.12. The number of nitrogens with zero attached hydrogens (tertiary/aromatic N) is 7. The van der Waals surface area contributed by atoms with E-state index < -0.39 is 5.60 Å². The Morgan fingerprint density at radius 2 is 2.00 bits per heavy atom. The van der Waals surface area contributed by atoms with Crippen LogP contribution in [0.15, 0.2) is 36.8 Å². The van der Waals surface area contributed by atoms with Gasteiger partial charge in [-0.1, -0.05) is 6.08 Å². The molecule has 2 aliphatic rings. The first-order valence-electron chi connectivity index (χ1n) is 11.0. The molecule has 1 saturated carbocycles. The molecule has 2 aromatic rings. The summed E-state index contributed by atoms with van der Waals surface area (Å²) in [5.41, 5.74) is 0.392. The second-order valence-corrected chi connectivity index (χ2v) is 9.28. The molecule has 2 fully saturated rings. The molecule has 9 nitrogen and oxygen atoms in total. The van der Waals surface area contributed by atoms with Gasteiger partial charge >= 0.3 is 6.09 Å². The predicted octanol–water partition coefficient (Wildman–Crippen LogP) is 3.43. The first kappa shape index (κ1) is 21.8. The van der Waals surface area contributed by atoms with Gasteiger partial charge in [0.05, 0.1) is 23.9 Å². The van der Waals surface area contributed by atoms with Gasteiger partial charge in [-0.3, -0.25) is 4.68 Å². The van der Waals surface area contributed by atoms with Gasteiger partial charge in [-0.05, 0) is 45.6 Å². The van der Waals surface area contributed by atoms with Crippen LogP contribution in [-0.4, -0.2) is 62.5 Å². The molecule has 0 bridgehead atoms. The lowest BCUT2D eigenvalue weighted by molar-refractivity contribution is 0.0240. The zero-order valence-electron chi connectivity index (χ0n) is 18.8. The molecule has 2 aromatic heterocycles. The third-order valence-corrected chi connectivity index (χ3v) is 5.72. The number of aromatic nitrogens is 4. The van der Waals surface area contributed by atoms with Crippen LogP contribution in [0.4, 0.5) is 10.6 Å². The molecule has 0 atom stereocenters. The van der Waals surface area contributed by atoms with E-state index in [2.05, 4.69) is 15.0 Å². The average Bonchev–Trinajstić information content (AvgIpc) is 3.21. The molecule has 1 aliphatic carbocycles. The maximum absolute atomic E-state index is 12.3. The van der Waals surface area contributed by atoms with Gasteiger partial charge in [0.1, 0.15) is 11.4 Å². The van der Waals surface area contributed by atoms with E-state index in [1.807, 2.05) is 49.9 Å². The number of nitriles is 1. The number of amides is 1. The summed E-state index contributed by atoms with van der Waals surface area (Å²) in [6, 6.07) is 4.29. The zero-order chi connectivity index (χ0) is 22.7. The molecular weight excluding hydrogens is 406 g/mol. The van der Waals surface area contributed by atoms with Crippen molar-refractivity contribution in [3.63, 3.8) is 0 Å². The lowest BCUT2D eigenvalue weighted by Gasteiger charge is -2.36. The van der Waals surface area contributed by atoms with Crippen molar-refractivity contribution in [2.75, 3.05) is 31.1 Å². The molecule has 0 spiro atoms. The van der Waals surface area contributed by atoms with Crippen LogP contribution in [0.1, 0.15) is 39.7 Å². The predicted molar refractivity (Wildman–Crippen MR) is 120 cm³/mol. The third-order valence-electron chi connectivity index (χ3n) is 5.72. The molecule has 9 heteroatoms. The van der Waals surface area contributed by atoms with Gasteiger partial charge in [-0.25, -0.2) is 14.8 Å². The number of hydrogen-bond acceptors (Lipinski definition) is 7. The Morgan fingerprint density at radius 3 is 2.69 bits per heavy atom. The smallest absolute Gasteiger partial charge is 0.410 e. The number of ether oxygens (including phenoxy) is 1. The van der Waals surface area contributed by atoms with Gasteiger partial charge in [0.15, 0.2) is 5.82 Å². The molecule has 32 heavy (non-hydrogen) atoms. The first-order valence-corrected chi connectivity index (χ1v) is 11.0. The van der Waals surface area contributed by atoms with Crippen molar-refractivity contribution < 1.29 is 9.53 Å². The van der Waals surface area contributed by atoms with E-state index in [0.29, 0.717) is 44.0 Å². The normalized spacial score (nSPS) is 21.3. The quantitative estimate of drug-likeness (QED) is 0.678. The van der Waals surface area contributed by atoms with Crippen LogP contribution >= 0.6 is 0 Å². The lowest BCUT2D eigenvalue weighted by atomic mass is 9.80. The van der Waals surface area contributed by atoms with E-state index in [1.165, 1.54) is 0 Å². The van der Waals surface area contributed by atoms with Gasteiger partial charge in [0.25, 0.3) is 0 Å². The standard InChI is InChI=1S/C23H29N7O2/c1-23(2,3)32-22(31)29-11-9-28(10-12-29)20-6-8-25-21(27-20)18-15-26-30(16-18)19-13-17(14-19)5-4-7-24/h4-6,8,15-17,19H,9-14H2,1-3H3/b5-4+. The van der Waals surface area contributed by atoms with E-state index in [4.69, 9.17) is 15.0 Å². The summed E-state index contributed by atoms with van der Waals surface area (Å²) >= 11 is 0. The largest absolute Gasteiger partial charge is 0.444 e. The molecule has 4 rings (SSSR count). The van der Waals surface area contributed by atoms with E-state index in [9.17, 15) is 4.79 Å². The van der Waals surface area contributed by atoms with Crippen LogP contribution in [0.25, 0.3) is 11.4 Å². The summed E-state index contributed by atoms with van der Waals surface area (Å²) in [6.45, 7) is 8.19. The number of anilines is 1. The molecule has 1 aliphatic heterocycles. The second-order valence-electron chi connectivity index (χ2n) is 9.28. The highest BCUT2D eigenvalue weighted by molar-refractivity contribution is 5.68. The molecule has 0 aromatic carbocycles. The molecule has 1 saturated heterocycles. The van der Waals surface area contributed by atoms with Crippen LogP contribution < -0.4 is 4.90 Å². The SMILES string of the molecule is CC(C)(C)OC(=O)N1CCN(c2ccnc(-c3cnn(C4CC(/C=C/C#N)C4)c3)n2)CC1. The number of hydrogen-bond donors (Lipinski definition) is 0. The fourth-order valence-electron chi connectivity index (χ4n) is 3.94. The summed E-state index contributed by atoms with van der Waals surface area (Å²) in [6.07, 6.45) is 10.8. The molecule has 0 N–H and O–H groups in total. The Labute approximate surface area is 188 Å². The van der Waals surface area contributed by atoms with Crippen molar-refractivity contribution in [3.05, 3.63) is 36.8 Å². The van der Waals surface area contributed by atoms with E-state index in [-0.39, 0.29) is 6.09 Å². The van der Waals surface area contributed by atoms with Crippen LogP contribution in [0, 0.1) is 17.2 Å². The maximum atomic E-state index is 12.3. The van der Waals surface area contributed by atoms with Crippen LogP contribution in [0.3, 0.4) is 0 Å². The highest BCUT2D eigenvalue weighted by atomic mass is 16.6. The fraction of sp³-hybridized carbons (Fsp3) is 0.522. The first-order chi connectivity index (χ1) is 15.3. The molecule has 3 heterocycles. The van der Waals surface area contributed by atoms with Crippen molar-refractivity contribution in [1.29, 1.82) is 5.26 Å². The van der Waals surface area contributed by atoms with Crippen molar-refractivity contribution >= 4 is 11.9 Å². The summed E-state index contributed by atoms with van der Waals surface area (Å²) in [5.74, 6) is 1.94. The van der Waals surface area contributed by atoms with Gasteiger partial charge in [0, 0.05) is 44.6 Å². The minimum atomic E-state index is -0.492. The second kappa shape index (κ2) is 8.99. The van der Waals surface area contributed by atoms with Crippen molar-refractivity contribution in [2.24, 2.45) is 5.92 Å². The van der Waals surface area contributed by atoms with Gasteiger partial charge in [-0.15, -0.1) is 0 Å². The van der Waals surface area contributed by atoms with E-state index in [0.717, 1.165) is 24.2 Å². The van der Waals surface area contributed by atoms with Crippen molar-refractivity contribution in [3.8, 4) is 17.5 Å². The fourth-order valence-corrected chi connectivity index (χ4v) is 3.94. The van der Waals surface area contributed by atoms with Crippen LogP contribution in [-0.2, 0) is 4.74 Å². The Morgan fingerprint density at radius 1 is 1.25 bits per heavy atom. The highest BCUT2D eigenvalue weighted by Crippen LogP contribution is 2.38. The lowest BCUT2D eigenvalue weighted by Crippen LogP contribution is -2.50. The average molecular weight is 436 g/mol. The van der Waals surface area contributed by atoms with Crippen molar-refractivity contribution in [1.82, 2.24) is 24.6 Å². The van der Waals surface area contributed by atoms with Gasteiger partial charge < -0.3 is 14.5 Å². The minimum absolute atomic E-state index is 0.269. The minimum Gasteiger partial charge on any atom is -0.444 e.